The zero-order valence-corrected chi connectivity index (χ0v) is 14.9. The summed E-state index contributed by atoms with van der Waals surface area (Å²) in [7, 11) is 0. The number of nitrogens with zero attached hydrogens (tertiary/aromatic N) is 3. The number of benzene rings is 1. The second-order valence-electron chi connectivity index (χ2n) is 5.90. The van der Waals surface area contributed by atoms with Gasteiger partial charge in [0.2, 0.25) is 0 Å². The van der Waals surface area contributed by atoms with Crippen LogP contribution in [-0.4, -0.2) is 67.4 Å². The smallest absolute Gasteiger partial charge is 0.313 e. The maximum Gasteiger partial charge on any atom is 0.313 e. The number of nitrogens with one attached hydrogen (secondary N) is 1. The number of rotatable bonds is 5. The van der Waals surface area contributed by atoms with E-state index in [1.165, 1.54) is 0 Å². The van der Waals surface area contributed by atoms with Gasteiger partial charge in [0.05, 0.1) is 0 Å². The van der Waals surface area contributed by atoms with E-state index in [0.717, 1.165) is 38.4 Å². The number of carbonyl (C=O) groups is 2. The summed E-state index contributed by atoms with van der Waals surface area (Å²) in [5.74, 6) is -1.01. The molecule has 132 valence electrons. The van der Waals surface area contributed by atoms with E-state index in [4.69, 9.17) is 0 Å². The second kappa shape index (κ2) is 8.68. The number of amides is 2. The number of likely N-dealkylation sites (N-methyl/N-ethyl adjacent to an activating group) is 1. The monoisotopic (exact) mass is 332 g/mol. The van der Waals surface area contributed by atoms with E-state index in [-0.39, 0.29) is 0 Å². The zero-order valence-electron chi connectivity index (χ0n) is 14.9. The van der Waals surface area contributed by atoms with Gasteiger partial charge in [-0.2, -0.15) is 0 Å². The van der Waals surface area contributed by atoms with Gasteiger partial charge in [0.1, 0.15) is 0 Å². The number of hydrogen-bond donors (Lipinski definition) is 1. The van der Waals surface area contributed by atoms with Crippen LogP contribution in [0.25, 0.3) is 0 Å². The predicted molar refractivity (Wildman–Crippen MR) is 97.3 cm³/mol. The zero-order chi connectivity index (χ0) is 17.5. The lowest BCUT2D eigenvalue weighted by Crippen LogP contribution is -2.51. The van der Waals surface area contributed by atoms with Gasteiger partial charge in [0.25, 0.3) is 0 Å². The highest BCUT2D eigenvalue weighted by Gasteiger charge is 2.25. The normalized spacial score (nSPS) is 15.2. The predicted octanol–water partition coefficient (Wildman–Crippen LogP) is 1.64. The van der Waals surface area contributed by atoms with Crippen LogP contribution in [0.15, 0.2) is 24.3 Å². The third-order valence-corrected chi connectivity index (χ3v) is 4.55. The Morgan fingerprint density at radius 2 is 1.58 bits per heavy atom. The number of carbonyl (C=O) groups excluding carboxylic acids is 2. The van der Waals surface area contributed by atoms with E-state index in [0.29, 0.717) is 18.8 Å². The Labute approximate surface area is 144 Å². The molecule has 1 heterocycles. The lowest BCUT2D eigenvalue weighted by Gasteiger charge is -2.33. The Morgan fingerprint density at radius 1 is 1.00 bits per heavy atom. The first-order valence-electron chi connectivity index (χ1n) is 8.76. The molecule has 1 saturated heterocycles. The molecule has 6 heteroatoms. The highest BCUT2D eigenvalue weighted by Crippen LogP contribution is 2.17. The Morgan fingerprint density at radius 3 is 2.08 bits per heavy atom. The van der Waals surface area contributed by atoms with Crippen LogP contribution in [0, 0.1) is 0 Å². The lowest BCUT2D eigenvalue weighted by molar-refractivity contribution is -0.144. The molecular weight excluding hydrogens is 304 g/mol. The molecule has 0 atom stereocenters. The van der Waals surface area contributed by atoms with Crippen molar-refractivity contribution in [3.8, 4) is 0 Å². The summed E-state index contributed by atoms with van der Waals surface area (Å²) in [5, 5.41) is 2.70. The van der Waals surface area contributed by atoms with Crippen molar-refractivity contribution in [2.75, 3.05) is 56.0 Å². The van der Waals surface area contributed by atoms with E-state index in [1.807, 2.05) is 24.3 Å². The van der Waals surface area contributed by atoms with E-state index in [1.54, 1.807) is 4.90 Å². The third-order valence-electron chi connectivity index (χ3n) is 4.55. The molecule has 1 N–H and O–H groups in total. The quantitative estimate of drug-likeness (QED) is 0.833. The minimum atomic E-state index is -0.560. The summed E-state index contributed by atoms with van der Waals surface area (Å²) in [4.78, 5) is 30.5. The fourth-order valence-corrected chi connectivity index (χ4v) is 2.94. The molecule has 0 aromatic heterocycles. The summed E-state index contributed by atoms with van der Waals surface area (Å²) < 4.78 is 0. The van der Waals surface area contributed by atoms with Crippen LogP contribution in [0.5, 0.6) is 0 Å². The van der Waals surface area contributed by atoms with Crippen molar-refractivity contribution in [1.29, 1.82) is 0 Å². The minimum absolute atomic E-state index is 0.446. The van der Waals surface area contributed by atoms with Crippen LogP contribution < -0.4 is 10.2 Å². The summed E-state index contributed by atoms with van der Waals surface area (Å²) in [5.41, 5.74) is 1.76. The minimum Gasteiger partial charge on any atom is -0.372 e. The SMILES string of the molecule is CCN1CCN(C(=O)C(=O)Nc2ccc(N(CC)CC)cc2)CC1. The van der Waals surface area contributed by atoms with Crippen molar-refractivity contribution in [2.45, 2.75) is 20.8 Å². The van der Waals surface area contributed by atoms with Crippen LogP contribution in [0.3, 0.4) is 0 Å². The van der Waals surface area contributed by atoms with Gasteiger partial charge in [-0.05, 0) is 44.7 Å². The fourth-order valence-electron chi connectivity index (χ4n) is 2.94. The molecule has 0 bridgehead atoms. The van der Waals surface area contributed by atoms with Gasteiger partial charge in [-0.3, -0.25) is 9.59 Å². The Kier molecular flexibility index (Phi) is 6.61. The first kappa shape index (κ1) is 18.3. The van der Waals surface area contributed by atoms with E-state index in [2.05, 4.69) is 35.9 Å². The maximum absolute atomic E-state index is 12.3. The van der Waals surface area contributed by atoms with Gasteiger partial charge in [-0.25, -0.2) is 0 Å². The topological polar surface area (TPSA) is 55.9 Å². The highest BCUT2D eigenvalue weighted by atomic mass is 16.2. The average Bonchev–Trinajstić information content (AvgIpc) is 2.63. The largest absolute Gasteiger partial charge is 0.372 e. The molecule has 1 fully saturated rings. The molecule has 1 aliphatic heterocycles. The van der Waals surface area contributed by atoms with Gasteiger partial charge < -0.3 is 20.0 Å². The van der Waals surface area contributed by atoms with E-state index >= 15 is 0 Å². The molecule has 2 amide bonds. The maximum atomic E-state index is 12.3. The Bertz CT molecular complexity index is 547. The molecule has 24 heavy (non-hydrogen) atoms. The summed E-state index contributed by atoms with van der Waals surface area (Å²) >= 11 is 0. The molecule has 0 spiro atoms. The molecule has 1 aromatic rings. The number of piperazine rings is 1. The lowest BCUT2D eigenvalue weighted by atomic mass is 10.2. The number of hydrogen-bond acceptors (Lipinski definition) is 4. The first-order valence-corrected chi connectivity index (χ1v) is 8.76. The standard InChI is InChI=1S/C18H28N4O2/c1-4-20-11-13-22(14-12-20)18(24)17(23)19-15-7-9-16(10-8-15)21(5-2)6-3/h7-10H,4-6,11-14H2,1-3H3,(H,19,23). The highest BCUT2D eigenvalue weighted by molar-refractivity contribution is 6.39. The van der Waals surface area contributed by atoms with Crippen molar-refractivity contribution in [2.24, 2.45) is 0 Å². The van der Waals surface area contributed by atoms with Gasteiger partial charge in [0.15, 0.2) is 0 Å². The molecule has 6 nitrogen and oxygen atoms in total. The molecular formula is C18H28N4O2. The van der Waals surface area contributed by atoms with Crippen molar-refractivity contribution in [3.05, 3.63) is 24.3 Å². The van der Waals surface area contributed by atoms with Crippen molar-refractivity contribution in [1.82, 2.24) is 9.80 Å². The van der Waals surface area contributed by atoms with Crippen molar-refractivity contribution < 1.29 is 9.59 Å². The molecule has 0 radical (unpaired) electrons. The molecule has 0 aliphatic carbocycles. The van der Waals surface area contributed by atoms with Gasteiger partial charge in [-0.15, -0.1) is 0 Å². The Balaban J connectivity index is 1.91. The summed E-state index contributed by atoms with van der Waals surface area (Å²) in [6.45, 7) is 12.0. The van der Waals surface area contributed by atoms with Gasteiger partial charge in [-0.1, -0.05) is 6.92 Å². The van der Waals surface area contributed by atoms with Crippen LogP contribution in [-0.2, 0) is 9.59 Å². The summed E-state index contributed by atoms with van der Waals surface area (Å²) in [6, 6.07) is 7.61. The molecule has 1 aliphatic rings. The van der Waals surface area contributed by atoms with Crippen LogP contribution in [0.4, 0.5) is 11.4 Å². The molecule has 1 aromatic carbocycles. The first-order chi connectivity index (χ1) is 11.6. The van der Waals surface area contributed by atoms with E-state index in [9.17, 15) is 9.59 Å². The molecule has 2 rings (SSSR count). The van der Waals surface area contributed by atoms with Crippen LogP contribution in [0.2, 0.25) is 0 Å². The third kappa shape index (κ3) is 4.47. The van der Waals surface area contributed by atoms with Crippen molar-refractivity contribution in [3.63, 3.8) is 0 Å². The summed E-state index contributed by atoms with van der Waals surface area (Å²) in [6.07, 6.45) is 0. The van der Waals surface area contributed by atoms with Crippen LogP contribution >= 0.6 is 0 Å². The second-order valence-corrected chi connectivity index (χ2v) is 5.90. The van der Waals surface area contributed by atoms with Crippen LogP contribution in [0.1, 0.15) is 20.8 Å². The Hall–Kier alpha value is -2.08. The van der Waals surface area contributed by atoms with Crippen molar-refractivity contribution >= 4 is 23.2 Å². The number of anilines is 2. The van der Waals surface area contributed by atoms with E-state index < -0.39 is 11.8 Å². The molecule has 0 saturated carbocycles. The fraction of sp³-hybridized carbons (Fsp3) is 0.556. The van der Waals surface area contributed by atoms with Gasteiger partial charge in [0, 0.05) is 50.6 Å². The average molecular weight is 332 g/mol. The molecule has 0 unspecified atom stereocenters. The van der Waals surface area contributed by atoms with Gasteiger partial charge >= 0.3 is 11.8 Å².